The molecule has 0 unspecified atom stereocenters. The van der Waals surface area contributed by atoms with E-state index in [1.54, 1.807) is 13.2 Å². The monoisotopic (exact) mass is 463 g/mol. The number of fused-ring (bicyclic) bond motifs is 1. The third-order valence-corrected chi connectivity index (χ3v) is 5.88. The first kappa shape index (κ1) is 22.2. The number of carbonyl (C=O) groups is 1. The van der Waals surface area contributed by atoms with Gasteiger partial charge in [0.05, 0.1) is 17.8 Å². The molecule has 0 radical (unpaired) electrons. The summed E-state index contributed by atoms with van der Waals surface area (Å²) in [5.41, 5.74) is 5.24. The van der Waals surface area contributed by atoms with Crippen molar-refractivity contribution in [3.8, 4) is 16.9 Å². The number of ether oxygens (including phenoxy) is 1. The summed E-state index contributed by atoms with van der Waals surface area (Å²) in [6, 6.07) is 11.9. The van der Waals surface area contributed by atoms with Gasteiger partial charge in [-0.25, -0.2) is 4.98 Å². The number of nitrogens with zero attached hydrogens (tertiary/aromatic N) is 2. The molecule has 2 heterocycles. The number of aromatic nitrogens is 1. The summed E-state index contributed by atoms with van der Waals surface area (Å²) < 4.78 is 11.6. The number of aryl methyl sites for hydroxylation is 1. The molecule has 8 nitrogen and oxygen atoms in total. The Hall–Kier alpha value is -3.98. The lowest BCUT2D eigenvalue weighted by atomic mass is 9.99. The van der Waals surface area contributed by atoms with Gasteiger partial charge in [0.25, 0.3) is 0 Å². The van der Waals surface area contributed by atoms with Crippen LogP contribution in [0.15, 0.2) is 59.4 Å². The minimum absolute atomic E-state index is 0.140. The molecule has 2 aromatic heterocycles. The molecule has 9 heteroatoms. The van der Waals surface area contributed by atoms with Gasteiger partial charge in [-0.1, -0.05) is 29.8 Å². The molecular formula is C24H21N3O5S. The fourth-order valence-electron chi connectivity index (χ4n) is 3.42. The molecule has 1 N–H and O–H groups in total. The van der Waals surface area contributed by atoms with E-state index < -0.39 is 10.8 Å². The van der Waals surface area contributed by atoms with Gasteiger partial charge in [0.15, 0.2) is 5.13 Å². The molecule has 0 aliphatic rings. The lowest BCUT2D eigenvalue weighted by Crippen LogP contribution is -2.08. The highest BCUT2D eigenvalue weighted by Gasteiger charge is 2.16. The summed E-state index contributed by atoms with van der Waals surface area (Å²) in [6.07, 6.45) is 4.25. The molecule has 1 amide bonds. The topological polar surface area (TPSA) is 108 Å². The van der Waals surface area contributed by atoms with Crippen molar-refractivity contribution in [3.05, 3.63) is 76.2 Å². The number of hydrogen-bond donors (Lipinski definition) is 1. The molecule has 0 saturated carbocycles. The summed E-state index contributed by atoms with van der Waals surface area (Å²) in [4.78, 5) is 26.7. The van der Waals surface area contributed by atoms with E-state index in [9.17, 15) is 14.9 Å². The Balaban J connectivity index is 1.69. The quantitative estimate of drug-likeness (QED) is 0.198. The second-order valence-electron chi connectivity index (χ2n) is 7.37. The van der Waals surface area contributed by atoms with Crippen LogP contribution in [0.3, 0.4) is 0 Å². The number of allylic oxidation sites excluding steroid dienone is 1. The van der Waals surface area contributed by atoms with Crippen LogP contribution in [-0.4, -0.2) is 22.4 Å². The Bertz CT molecular complexity index is 1370. The first-order valence-corrected chi connectivity index (χ1v) is 11.0. The maximum Gasteiger partial charge on any atom is 0.345 e. The average molecular weight is 464 g/mol. The number of anilines is 1. The minimum atomic E-state index is -0.547. The predicted molar refractivity (Wildman–Crippen MR) is 129 cm³/mol. The van der Waals surface area contributed by atoms with Crippen molar-refractivity contribution in [2.24, 2.45) is 0 Å². The Labute approximate surface area is 193 Å². The van der Waals surface area contributed by atoms with E-state index in [0.29, 0.717) is 23.5 Å². The van der Waals surface area contributed by atoms with E-state index in [1.807, 2.05) is 50.2 Å². The summed E-state index contributed by atoms with van der Waals surface area (Å²) >= 11 is 0.799. The van der Waals surface area contributed by atoms with Gasteiger partial charge in [-0.3, -0.25) is 20.2 Å². The van der Waals surface area contributed by atoms with Gasteiger partial charge < -0.3 is 9.15 Å². The van der Waals surface area contributed by atoms with Crippen LogP contribution in [-0.2, 0) is 4.79 Å². The summed E-state index contributed by atoms with van der Waals surface area (Å²) in [7, 11) is 0. The maximum absolute atomic E-state index is 12.5. The van der Waals surface area contributed by atoms with Crippen molar-refractivity contribution in [2.75, 3.05) is 11.9 Å². The SMILES string of the molecule is CCOc1cc2occ(-c3ccc(C)cc3)c2cc1/C(C)=C/C(=O)Nc1ncc([N+](=O)[O-])s1. The highest BCUT2D eigenvalue weighted by molar-refractivity contribution is 7.18. The third kappa shape index (κ3) is 4.78. The zero-order valence-electron chi connectivity index (χ0n) is 18.2. The molecule has 168 valence electrons. The number of thiazole rings is 1. The lowest BCUT2D eigenvalue weighted by Gasteiger charge is -2.11. The van der Waals surface area contributed by atoms with E-state index in [2.05, 4.69) is 10.3 Å². The smallest absolute Gasteiger partial charge is 0.345 e. The van der Waals surface area contributed by atoms with Gasteiger partial charge >= 0.3 is 5.00 Å². The summed E-state index contributed by atoms with van der Waals surface area (Å²) in [6.45, 7) is 6.17. The first-order chi connectivity index (χ1) is 15.9. The number of furan rings is 1. The van der Waals surface area contributed by atoms with Crippen LogP contribution in [0.5, 0.6) is 5.75 Å². The molecule has 0 atom stereocenters. The van der Waals surface area contributed by atoms with Crippen LogP contribution < -0.4 is 10.1 Å². The van der Waals surface area contributed by atoms with Crippen LogP contribution in [0, 0.1) is 17.0 Å². The second-order valence-corrected chi connectivity index (χ2v) is 8.38. The number of rotatable bonds is 7. The minimum Gasteiger partial charge on any atom is -0.493 e. The molecule has 0 bridgehead atoms. The van der Waals surface area contributed by atoms with E-state index in [-0.39, 0.29) is 10.1 Å². The summed E-state index contributed by atoms with van der Waals surface area (Å²) in [5.74, 6) is 0.159. The Morgan fingerprint density at radius 1 is 1.30 bits per heavy atom. The van der Waals surface area contributed by atoms with Gasteiger partial charge in [0.1, 0.15) is 17.5 Å². The van der Waals surface area contributed by atoms with Crippen LogP contribution in [0.25, 0.3) is 27.7 Å². The number of nitro groups is 1. The van der Waals surface area contributed by atoms with Crippen LogP contribution in [0.2, 0.25) is 0 Å². The third-order valence-electron chi connectivity index (χ3n) is 5.01. The van der Waals surface area contributed by atoms with Crippen LogP contribution in [0.4, 0.5) is 10.1 Å². The van der Waals surface area contributed by atoms with Crippen molar-refractivity contribution in [1.82, 2.24) is 4.98 Å². The fraction of sp³-hybridized carbons (Fsp3) is 0.167. The zero-order valence-corrected chi connectivity index (χ0v) is 19.1. The van der Waals surface area contributed by atoms with Crippen molar-refractivity contribution in [1.29, 1.82) is 0 Å². The van der Waals surface area contributed by atoms with Gasteiger partial charge in [-0.15, -0.1) is 0 Å². The molecule has 0 aliphatic heterocycles. The number of carbonyl (C=O) groups excluding carboxylic acids is 1. The predicted octanol–water partition coefficient (Wildman–Crippen LogP) is 6.21. The Morgan fingerprint density at radius 2 is 2.06 bits per heavy atom. The number of hydrogen-bond acceptors (Lipinski definition) is 7. The van der Waals surface area contributed by atoms with Gasteiger partial charge in [0, 0.05) is 28.7 Å². The van der Waals surface area contributed by atoms with Crippen molar-refractivity contribution in [2.45, 2.75) is 20.8 Å². The molecule has 0 spiro atoms. The molecule has 0 fully saturated rings. The molecule has 4 aromatic rings. The highest BCUT2D eigenvalue weighted by Crippen LogP contribution is 2.37. The largest absolute Gasteiger partial charge is 0.493 e. The van der Waals surface area contributed by atoms with E-state index >= 15 is 0 Å². The standard InChI is InChI=1S/C24H21N3O5S/c1-4-31-20-11-21-18(19(13-32-21)16-7-5-14(2)6-8-16)10-17(20)15(3)9-22(28)26-24-25-12-23(33-24)27(29)30/h5-13H,4H2,1-3H3,(H,25,26,28)/b15-9+. The summed E-state index contributed by atoms with van der Waals surface area (Å²) in [5, 5.41) is 14.3. The van der Waals surface area contributed by atoms with E-state index in [0.717, 1.165) is 39.6 Å². The number of amides is 1. The van der Waals surface area contributed by atoms with Crippen molar-refractivity contribution < 1.29 is 18.9 Å². The normalized spacial score (nSPS) is 11.5. The molecule has 0 saturated heterocycles. The first-order valence-electron chi connectivity index (χ1n) is 10.2. The average Bonchev–Trinajstić information content (AvgIpc) is 3.41. The zero-order chi connectivity index (χ0) is 23.5. The second kappa shape index (κ2) is 9.25. The number of benzene rings is 2. The Kier molecular flexibility index (Phi) is 6.23. The van der Waals surface area contributed by atoms with Gasteiger partial charge in [-0.05, 0) is 49.3 Å². The molecule has 2 aromatic carbocycles. The van der Waals surface area contributed by atoms with Crippen LogP contribution >= 0.6 is 11.3 Å². The molecular weight excluding hydrogens is 442 g/mol. The molecule has 4 rings (SSSR count). The van der Waals surface area contributed by atoms with Crippen molar-refractivity contribution >= 4 is 43.9 Å². The van der Waals surface area contributed by atoms with Gasteiger partial charge in [-0.2, -0.15) is 0 Å². The maximum atomic E-state index is 12.5. The van der Waals surface area contributed by atoms with Crippen molar-refractivity contribution in [3.63, 3.8) is 0 Å². The number of nitrogens with one attached hydrogen (secondary N) is 1. The fourth-order valence-corrected chi connectivity index (χ4v) is 4.05. The Morgan fingerprint density at radius 3 is 2.73 bits per heavy atom. The molecule has 33 heavy (non-hydrogen) atoms. The van der Waals surface area contributed by atoms with E-state index in [1.165, 1.54) is 11.6 Å². The highest BCUT2D eigenvalue weighted by atomic mass is 32.1. The lowest BCUT2D eigenvalue weighted by molar-refractivity contribution is -0.380. The van der Waals surface area contributed by atoms with E-state index in [4.69, 9.17) is 9.15 Å². The van der Waals surface area contributed by atoms with Crippen LogP contribution in [0.1, 0.15) is 25.0 Å². The van der Waals surface area contributed by atoms with Gasteiger partial charge in [0.2, 0.25) is 5.91 Å². The molecule has 0 aliphatic carbocycles.